The number of anilines is 1. The second kappa shape index (κ2) is 8.93. The van der Waals surface area contributed by atoms with Gasteiger partial charge in [0.1, 0.15) is 11.4 Å². The van der Waals surface area contributed by atoms with Crippen molar-refractivity contribution in [2.75, 3.05) is 38.3 Å². The standard InChI is InChI=1S/C23H29N5O3/c1-15(11-17-14-27(3)21-6-5-18(30-4)13-19(17)21)24-22(29)20-12-16(2)25-23(26-20)28-7-9-31-10-8-28/h5-6,12-15H,7-11H2,1-4H3,(H,24,29). The number of carbonyl (C=O) groups excluding carboxylic acids is 1. The maximum absolute atomic E-state index is 12.9. The minimum absolute atomic E-state index is 0.0635. The topological polar surface area (TPSA) is 81.5 Å². The van der Waals surface area contributed by atoms with Gasteiger partial charge >= 0.3 is 0 Å². The molecule has 1 saturated heterocycles. The Kier molecular flexibility index (Phi) is 6.08. The van der Waals surface area contributed by atoms with Gasteiger partial charge in [0, 0.05) is 49.0 Å². The number of nitrogens with one attached hydrogen (secondary N) is 1. The van der Waals surface area contributed by atoms with E-state index in [1.54, 1.807) is 13.2 Å². The molecule has 1 amide bonds. The van der Waals surface area contributed by atoms with Crippen molar-refractivity contribution in [3.8, 4) is 5.75 Å². The zero-order valence-corrected chi connectivity index (χ0v) is 18.5. The molecule has 0 saturated carbocycles. The molecule has 3 aromatic rings. The van der Waals surface area contributed by atoms with E-state index in [0.29, 0.717) is 31.3 Å². The van der Waals surface area contributed by atoms with Crippen molar-refractivity contribution in [2.45, 2.75) is 26.3 Å². The third-order valence-electron chi connectivity index (χ3n) is 5.55. The molecule has 1 unspecified atom stereocenters. The monoisotopic (exact) mass is 423 g/mol. The number of hydrogen-bond donors (Lipinski definition) is 1. The molecule has 2 aromatic heterocycles. The molecule has 1 N–H and O–H groups in total. The fraction of sp³-hybridized carbons (Fsp3) is 0.435. The number of morpholine rings is 1. The number of nitrogens with zero attached hydrogens (tertiary/aromatic N) is 4. The fourth-order valence-electron chi connectivity index (χ4n) is 3.99. The van der Waals surface area contributed by atoms with Crippen LogP contribution in [0.3, 0.4) is 0 Å². The lowest BCUT2D eigenvalue weighted by Gasteiger charge is -2.27. The number of aromatic nitrogens is 3. The Morgan fingerprint density at radius 3 is 2.77 bits per heavy atom. The summed E-state index contributed by atoms with van der Waals surface area (Å²) in [6.45, 7) is 6.64. The summed E-state index contributed by atoms with van der Waals surface area (Å²) in [5, 5.41) is 4.23. The zero-order chi connectivity index (χ0) is 22.0. The Balaban J connectivity index is 1.49. The van der Waals surface area contributed by atoms with Crippen molar-refractivity contribution < 1.29 is 14.3 Å². The normalized spacial score (nSPS) is 15.2. The number of amides is 1. The van der Waals surface area contributed by atoms with Crippen molar-refractivity contribution in [1.29, 1.82) is 0 Å². The van der Waals surface area contributed by atoms with E-state index in [1.165, 1.54) is 0 Å². The predicted octanol–water partition coefficient (Wildman–Crippen LogP) is 2.48. The van der Waals surface area contributed by atoms with Crippen molar-refractivity contribution in [1.82, 2.24) is 19.9 Å². The number of benzene rings is 1. The number of ether oxygens (including phenoxy) is 2. The fourth-order valence-corrected chi connectivity index (χ4v) is 3.99. The highest BCUT2D eigenvalue weighted by atomic mass is 16.5. The van der Waals surface area contributed by atoms with Crippen LogP contribution < -0.4 is 15.0 Å². The highest BCUT2D eigenvalue weighted by molar-refractivity contribution is 5.93. The molecule has 1 fully saturated rings. The van der Waals surface area contributed by atoms with Gasteiger partial charge < -0.3 is 24.3 Å². The number of rotatable bonds is 6. The third-order valence-corrected chi connectivity index (χ3v) is 5.55. The Labute approximate surface area is 182 Å². The molecule has 8 nitrogen and oxygen atoms in total. The van der Waals surface area contributed by atoms with E-state index in [2.05, 4.69) is 37.0 Å². The van der Waals surface area contributed by atoms with Gasteiger partial charge in [0.15, 0.2) is 0 Å². The second-order valence-electron chi connectivity index (χ2n) is 8.02. The molecule has 164 valence electrons. The molecule has 31 heavy (non-hydrogen) atoms. The van der Waals surface area contributed by atoms with Gasteiger partial charge in [0.05, 0.1) is 20.3 Å². The van der Waals surface area contributed by atoms with E-state index in [-0.39, 0.29) is 11.9 Å². The van der Waals surface area contributed by atoms with Crippen LogP contribution in [-0.2, 0) is 18.2 Å². The van der Waals surface area contributed by atoms with Gasteiger partial charge in [-0.15, -0.1) is 0 Å². The van der Waals surface area contributed by atoms with Crippen molar-refractivity contribution in [2.24, 2.45) is 7.05 Å². The lowest BCUT2D eigenvalue weighted by molar-refractivity contribution is 0.0934. The minimum atomic E-state index is -0.190. The Morgan fingerprint density at radius 2 is 2.03 bits per heavy atom. The molecule has 0 spiro atoms. The van der Waals surface area contributed by atoms with E-state index >= 15 is 0 Å². The van der Waals surface area contributed by atoms with Crippen LogP contribution in [0.15, 0.2) is 30.5 Å². The average molecular weight is 424 g/mol. The quantitative estimate of drug-likeness (QED) is 0.656. The van der Waals surface area contributed by atoms with Crippen LogP contribution in [0.4, 0.5) is 5.95 Å². The van der Waals surface area contributed by atoms with Crippen molar-refractivity contribution in [3.63, 3.8) is 0 Å². The van der Waals surface area contributed by atoms with E-state index in [4.69, 9.17) is 9.47 Å². The molecule has 4 rings (SSSR count). The van der Waals surface area contributed by atoms with Gasteiger partial charge in [0.2, 0.25) is 5.95 Å². The lowest BCUT2D eigenvalue weighted by Crippen LogP contribution is -2.38. The van der Waals surface area contributed by atoms with Crippen LogP contribution in [-0.4, -0.2) is 59.9 Å². The first-order valence-electron chi connectivity index (χ1n) is 10.6. The van der Waals surface area contributed by atoms with Crippen LogP contribution in [0.25, 0.3) is 10.9 Å². The van der Waals surface area contributed by atoms with Gasteiger partial charge in [-0.3, -0.25) is 4.79 Å². The summed E-state index contributed by atoms with van der Waals surface area (Å²) in [6.07, 6.45) is 2.81. The molecule has 0 bridgehead atoms. The maximum Gasteiger partial charge on any atom is 0.270 e. The molecule has 0 radical (unpaired) electrons. The summed E-state index contributed by atoms with van der Waals surface area (Å²) in [5.74, 6) is 1.22. The highest BCUT2D eigenvalue weighted by Gasteiger charge is 2.19. The van der Waals surface area contributed by atoms with Gasteiger partial charge in [-0.1, -0.05) is 0 Å². The zero-order valence-electron chi connectivity index (χ0n) is 18.5. The number of aryl methyl sites for hydroxylation is 2. The molecule has 1 aliphatic heterocycles. The van der Waals surface area contributed by atoms with Crippen LogP contribution >= 0.6 is 0 Å². The minimum Gasteiger partial charge on any atom is -0.497 e. The first kappa shape index (κ1) is 21.1. The Hall–Kier alpha value is -3.13. The maximum atomic E-state index is 12.9. The van der Waals surface area contributed by atoms with E-state index < -0.39 is 0 Å². The Bertz CT molecular complexity index is 1090. The van der Waals surface area contributed by atoms with Gasteiger partial charge in [-0.2, -0.15) is 0 Å². The van der Waals surface area contributed by atoms with Crippen LogP contribution in [0.2, 0.25) is 0 Å². The SMILES string of the molecule is COc1ccc2c(c1)c(CC(C)NC(=O)c1cc(C)nc(N3CCOCC3)n1)cn2C. The van der Waals surface area contributed by atoms with E-state index in [1.807, 2.05) is 33.0 Å². The van der Waals surface area contributed by atoms with Crippen LogP contribution in [0.1, 0.15) is 28.7 Å². The van der Waals surface area contributed by atoms with Crippen LogP contribution in [0, 0.1) is 6.92 Å². The summed E-state index contributed by atoms with van der Waals surface area (Å²) in [4.78, 5) is 24.0. The number of methoxy groups -OCH3 is 1. The largest absolute Gasteiger partial charge is 0.497 e. The number of fused-ring (bicyclic) bond motifs is 1. The van der Waals surface area contributed by atoms with Gasteiger partial charge in [0.25, 0.3) is 5.91 Å². The average Bonchev–Trinajstić information content (AvgIpc) is 3.08. The molecule has 8 heteroatoms. The molecule has 1 aromatic carbocycles. The summed E-state index contributed by atoms with van der Waals surface area (Å²) < 4.78 is 12.9. The van der Waals surface area contributed by atoms with Gasteiger partial charge in [-0.25, -0.2) is 9.97 Å². The molecular weight excluding hydrogens is 394 g/mol. The summed E-state index contributed by atoms with van der Waals surface area (Å²) in [5.41, 5.74) is 3.46. The van der Waals surface area contributed by atoms with Gasteiger partial charge in [-0.05, 0) is 50.1 Å². The van der Waals surface area contributed by atoms with Crippen molar-refractivity contribution >= 4 is 22.8 Å². The Morgan fingerprint density at radius 1 is 1.26 bits per heavy atom. The molecule has 3 heterocycles. The second-order valence-corrected chi connectivity index (χ2v) is 8.02. The summed E-state index contributed by atoms with van der Waals surface area (Å²) >= 11 is 0. The first-order chi connectivity index (χ1) is 14.9. The summed E-state index contributed by atoms with van der Waals surface area (Å²) in [6, 6.07) is 7.72. The summed E-state index contributed by atoms with van der Waals surface area (Å²) in [7, 11) is 3.69. The lowest BCUT2D eigenvalue weighted by atomic mass is 10.1. The van der Waals surface area contributed by atoms with Crippen LogP contribution in [0.5, 0.6) is 5.75 Å². The first-order valence-corrected chi connectivity index (χ1v) is 10.6. The number of carbonyl (C=O) groups is 1. The van der Waals surface area contributed by atoms with E-state index in [9.17, 15) is 4.79 Å². The molecular formula is C23H29N5O3. The highest BCUT2D eigenvalue weighted by Crippen LogP contribution is 2.26. The smallest absolute Gasteiger partial charge is 0.270 e. The molecule has 0 aliphatic carbocycles. The number of hydrogen-bond acceptors (Lipinski definition) is 6. The molecule has 1 atom stereocenters. The van der Waals surface area contributed by atoms with E-state index in [0.717, 1.165) is 41.0 Å². The van der Waals surface area contributed by atoms with Crippen molar-refractivity contribution in [3.05, 3.63) is 47.4 Å². The third kappa shape index (κ3) is 4.64. The predicted molar refractivity (Wildman–Crippen MR) is 120 cm³/mol. The molecule has 1 aliphatic rings.